The summed E-state index contributed by atoms with van der Waals surface area (Å²) in [6.07, 6.45) is 8.54. The molecule has 0 radical (unpaired) electrons. The number of hydrogen-bond donors (Lipinski definition) is 0. The molecule has 1 aliphatic heterocycles. The van der Waals surface area contributed by atoms with Crippen molar-refractivity contribution >= 4 is 5.97 Å². The van der Waals surface area contributed by atoms with Gasteiger partial charge < -0.3 is 9.47 Å². The quantitative estimate of drug-likeness (QED) is 0.691. The Morgan fingerprint density at radius 2 is 2.38 bits per heavy atom. The molecule has 0 spiro atoms. The van der Waals surface area contributed by atoms with E-state index in [0.29, 0.717) is 12.5 Å². The number of carbonyl (C=O) groups excluding carboxylic acids is 1. The highest BCUT2D eigenvalue weighted by Crippen LogP contribution is 2.19. The number of allylic oxidation sites excluding steroid dienone is 1. The summed E-state index contributed by atoms with van der Waals surface area (Å²) in [5.41, 5.74) is 0.886. The molecule has 90 valence electrons. The Morgan fingerprint density at radius 3 is 3.19 bits per heavy atom. The summed E-state index contributed by atoms with van der Waals surface area (Å²) < 4.78 is 10.6. The van der Waals surface area contributed by atoms with Gasteiger partial charge in [-0.15, -0.1) is 0 Å². The smallest absolute Gasteiger partial charge is 0.333 e. The lowest BCUT2D eigenvalue weighted by Gasteiger charge is -2.10. The van der Waals surface area contributed by atoms with Gasteiger partial charge in [0.1, 0.15) is 0 Å². The van der Waals surface area contributed by atoms with Crippen molar-refractivity contribution in [1.82, 2.24) is 0 Å². The van der Waals surface area contributed by atoms with Crippen molar-refractivity contribution in [2.45, 2.75) is 38.5 Å². The van der Waals surface area contributed by atoms with Gasteiger partial charge in [0.25, 0.3) is 0 Å². The predicted octanol–water partition coefficient (Wildman–Crippen LogP) is 2.46. The Kier molecular flexibility index (Phi) is 4.40. The highest BCUT2D eigenvalue weighted by Gasteiger charge is 2.19. The third-order valence-electron chi connectivity index (χ3n) is 3.28. The minimum absolute atomic E-state index is 0.103. The summed E-state index contributed by atoms with van der Waals surface area (Å²) in [6, 6.07) is 0. The van der Waals surface area contributed by atoms with Crippen molar-refractivity contribution in [3.63, 3.8) is 0 Å². The second kappa shape index (κ2) is 6.04. The van der Waals surface area contributed by atoms with Crippen LogP contribution in [-0.2, 0) is 14.3 Å². The first-order valence-electron chi connectivity index (χ1n) is 6.30. The standard InChI is InChI=1S/C13H20O3/c14-13(12-5-3-1-2-4-6-12)16-10-11-7-8-15-9-11/h5,11H,1-4,6-10H2. The zero-order valence-corrected chi connectivity index (χ0v) is 9.74. The Bertz CT molecular complexity index is 264. The molecule has 0 aromatic carbocycles. The first-order chi connectivity index (χ1) is 7.86. The fraction of sp³-hybridized carbons (Fsp3) is 0.769. The first kappa shape index (κ1) is 11.6. The van der Waals surface area contributed by atoms with E-state index in [1.54, 1.807) is 0 Å². The van der Waals surface area contributed by atoms with Crippen LogP contribution < -0.4 is 0 Å². The van der Waals surface area contributed by atoms with Crippen LogP contribution in [0, 0.1) is 5.92 Å². The van der Waals surface area contributed by atoms with E-state index in [-0.39, 0.29) is 5.97 Å². The lowest BCUT2D eigenvalue weighted by Crippen LogP contribution is -2.15. The van der Waals surface area contributed by atoms with Crippen molar-refractivity contribution in [1.29, 1.82) is 0 Å². The zero-order chi connectivity index (χ0) is 11.2. The second-order valence-corrected chi connectivity index (χ2v) is 4.66. The highest BCUT2D eigenvalue weighted by atomic mass is 16.5. The van der Waals surface area contributed by atoms with Gasteiger partial charge in [-0.25, -0.2) is 4.79 Å². The monoisotopic (exact) mass is 224 g/mol. The van der Waals surface area contributed by atoms with Crippen molar-refractivity contribution in [2.75, 3.05) is 19.8 Å². The molecule has 1 aliphatic carbocycles. The van der Waals surface area contributed by atoms with Gasteiger partial charge in [-0.2, -0.15) is 0 Å². The van der Waals surface area contributed by atoms with Gasteiger partial charge in [0.05, 0.1) is 13.2 Å². The van der Waals surface area contributed by atoms with E-state index in [9.17, 15) is 4.79 Å². The van der Waals surface area contributed by atoms with Crippen molar-refractivity contribution in [3.05, 3.63) is 11.6 Å². The van der Waals surface area contributed by atoms with Crippen LogP contribution in [-0.4, -0.2) is 25.8 Å². The lowest BCUT2D eigenvalue weighted by atomic mass is 10.1. The molecule has 2 aliphatic rings. The normalized spacial score (nSPS) is 26.0. The molecule has 1 fully saturated rings. The third-order valence-corrected chi connectivity index (χ3v) is 3.28. The largest absolute Gasteiger partial charge is 0.462 e. The van der Waals surface area contributed by atoms with Crippen molar-refractivity contribution in [3.8, 4) is 0 Å². The van der Waals surface area contributed by atoms with Crippen LogP contribution in [0.5, 0.6) is 0 Å². The minimum atomic E-state index is -0.103. The molecule has 0 aromatic heterocycles. The van der Waals surface area contributed by atoms with Crippen LogP contribution in [0.15, 0.2) is 11.6 Å². The number of esters is 1. The Labute approximate surface area is 96.8 Å². The number of ether oxygens (including phenoxy) is 2. The summed E-state index contributed by atoms with van der Waals surface area (Å²) in [6.45, 7) is 2.08. The van der Waals surface area contributed by atoms with Crippen LogP contribution in [0.25, 0.3) is 0 Å². The average Bonchev–Trinajstić information content (AvgIpc) is 2.66. The summed E-state index contributed by atoms with van der Waals surface area (Å²) >= 11 is 0. The van der Waals surface area contributed by atoms with Gasteiger partial charge in [0.2, 0.25) is 0 Å². The molecular weight excluding hydrogens is 204 g/mol. The second-order valence-electron chi connectivity index (χ2n) is 4.66. The maximum absolute atomic E-state index is 11.8. The van der Waals surface area contributed by atoms with E-state index < -0.39 is 0 Å². The fourth-order valence-corrected chi connectivity index (χ4v) is 2.20. The van der Waals surface area contributed by atoms with Gasteiger partial charge in [-0.3, -0.25) is 0 Å². The Hall–Kier alpha value is -0.830. The Morgan fingerprint density at radius 1 is 1.44 bits per heavy atom. The summed E-state index contributed by atoms with van der Waals surface area (Å²) in [5.74, 6) is 0.309. The SMILES string of the molecule is O=C(OCC1CCOC1)C1=CCCCCC1. The topological polar surface area (TPSA) is 35.5 Å². The number of hydrogen-bond acceptors (Lipinski definition) is 3. The van der Waals surface area contributed by atoms with Gasteiger partial charge in [-0.05, 0) is 32.1 Å². The minimum Gasteiger partial charge on any atom is -0.462 e. The summed E-state index contributed by atoms with van der Waals surface area (Å²) in [7, 11) is 0. The molecule has 0 saturated carbocycles. The van der Waals surface area contributed by atoms with Crippen LogP contribution >= 0.6 is 0 Å². The third kappa shape index (κ3) is 3.34. The molecule has 0 N–H and O–H groups in total. The van der Waals surface area contributed by atoms with E-state index in [4.69, 9.17) is 9.47 Å². The molecular formula is C13H20O3. The molecule has 3 nitrogen and oxygen atoms in total. The van der Waals surface area contributed by atoms with Crippen LogP contribution in [0.3, 0.4) is 0 Å². The Balaban J connectivity index is 1.75. The van der Waals surface area contributed by atoms with Gasteiger partial charge in [0, 0.05) is 18.1 Å². The average molecular weight is 224 g/mol. The first-order valence-corrected chi connectivity index (χ1v) is 6.30. The van der Waals surface area contributed by atoms with E-state index in [2.05, 4.69) is 6.08 Å². The molecule has 2 rings (SSSR count). The van der Waals surface area contributed by atoms with Gasteiger partial charge in [-0.1, -0.05) is 12.5 Å². The maximum Gasteiger partial charge on any atom is 0.333 e. The fourth-order valence-electron chi connectivity index (χ4n) is 2.20. The van der Waals surface area contributed by atoms with Crippen molar-refractivity contribution < 1.29 is 14.3 Å². The molecule has 1 saturated heterocycles. The molecule has 0 bridgehead atoms. The van der Waals surface area contributed by atoms with E-state index in [0.717, 1.165) is 44.5 Å². The van der Waals surface area contributed by atoms with E-state index in [1.807, 2.05) is 0 Å². The molecule has 0 amide bonds. The highest BCUT2D eigenvalue weighted by molar-refractivity contribution is 5.88. The van der Waals surface area contributed by atoms with E-state index in [1.165, 1.54) is 12.8 Å². The van der Waals surface area contributed by atoms with Crippen molar-refractivity contribution in [2.24, 2.45) is 5.92 Å². The molecule has 1 heterocycles. The molecule has 0 aromatic rings. The van der Waals surface area contributed by atoms with E-state index >= 15 is 0 Å². The number of rotatable bonds is 3. The number of carbonyl (C=O) groups is 1. The maximum atomic E-state index is 11.8. The predicted molar refractivity (Wildman–Crippen MR) is 61.1 cm³/mol. The molecule has 3 heteroatoms. The summed E-state index contributed by atoms with van der Waals surface area (Å²) in [4.78, 5) is 11.8. The van der Waals surface area contributed by atoms with Crippen LogP contribution in [0.4, 0.5) is 0 Å². The van der Waals surface area contributed by atoms with Gasteiger partial charge >= 0.3 is 5.97 Å². The molecule has 1 atom stereocenters. The summed E-state index contributed by atoms with van der Waals surface area (Å²) in [5, 5.41) is 0. The zero-order valence-electron chi connectivity index (χ0n) is 9.74. The van der Waals surface area contributed by atoms with Gasteiger partial charge in [0.15, 0.2) is 0 Å². The molecule has 1 unspecified atom stereocenters. The lowest BCUT2D eigenvalue weighted by molar-refractivity contribution is -0.140. The molecule has 16 heavy (non-hydrogen) atoms. The van der Waals surface area contributed by atoms with Crippen LogP contribution in [0.2, 0.25) is 0 Å². The van der Waals surface area contributed by atoms with Crippen LogP contribution in [0.1, 0.15) is 38.5 Å².